The van der Waals surface area contributed by atoms with Crippen molar-refractivity contribution in [2.24, 2.45) is 5.73 Å². The Kier molecular flexibility index (Phi) is 4.04. The van der Waals surface area contributed by atoms with Crippen LogP contribution in [0.4, 0.5) is 6.01 Å². The predicted octanol–water partition coefficient (Wildman–Crippen LogP) is -0.535. The second kappa shape index (κ2) is 5.30. The van der Waals surface area contributed by atoms with Crippen molar-refractivity contribution >= 4 is 11.9 Å². The van der Waals surface area contributed by atoms with Gasteiger partial charge in [0, 0.05) is 0 Å². The van der Waals surface area contributed by atoms with Gasteiger partial charge in [0.1, 0.15) is 6.04 Å². The minimum absolute atomic E-state index is 0.203. The average molecular weight is 213 g/mol. The molecule has 0 aliphatic rings. The van der Waals surface area contributed by atoms with E-state index in [1.54, 1.807) is 6.92 Å². The molecule has 1 atom stereocenters. The molecule has 7 heteroatoms. The molecule has 0 aliphatic heterocycles. The first-order valence-corrected chi connectivity index (χ1v) is 4.72. The van der Waals surface area contributed by atoms with Gasteiger partial charge in [-0.05, 0) is 13.5 Å². The van der Waals surface area contributed by atoms with Crippen LogP contribution in [0.2, 0.25) is 0 Å². The maximum atomic E-state index is 10.7. The third-order valence-corrected chi connectivity index (χ3v) is 1.76. The maximum absolute atomic E-state index is 10.7. The lowest BCUT2D eigenvalue weighted by Gasteiger charge is -2.05. The van der Waals surface area contributed by atoms with Gasteiger partial charge in [0.05, 0.1) is 6.54 Å². The van der Waals surface area contributed by atoms with E-state index in [1.165, 1.54) is 0 Å². The number of nitrogens with two attached hydrogens (primary N) is 1. The van der Waals surface area contributed by atoms with Crippen molar-refractivity contribution < 1.29 is 9.21 Å². The zero-order valence-corrected chi connectivity index (χ0v) is 8.78. The van der Waals surface area contributed by atoms with Crippen LogP contribution in [0.15, 0.2) is 4.42 Å². The van der Waals surface area contributed by atoms with Gasteiger partial charge in [-0.15, -0.1) is 5.10 Å². The first kappa shape index (κ1) is 11.4. The van der Waals surface area contributed by atoms with Crippen LogP contribution in [0.3, 0.4) is 0 Å². The van der Waals surface area contributed by atoms with E-state index in [9.17, 15) is 4.79 Å². The highest BCUT2D eigenvalue weighted by atomic mass is 16.4. The zero-order chi connectivity index (χ0) is 11.3. The van der Waals surface area contributed by atoms with Crippen LogP contribution < -0.4 is 16.4 Å². The van der Waals surface area contributed by atoms with E-state index in [-0.39, 0.29) is 6.01 Å². The van der Waals surface area contributed by atoms with Crippen molar-refractivity contribution in [1.82, 2.24) is 15.5 Å². The fourth-order valence-electron chi connectivity index (χ4n) is 0.872. The molecule has 15 heavy (non-hydrogen) atoms. The second-order valence-electron chi connectivity index (χ2n) is 3.05. The SMILES string of the molecule is CCNCc1nnc(NC(C)C(N)=O)o1. The maximum Gasteiger partial charge on any atom is 0.316 e. The van der Waals surface area contributed by atoms with E-state index < -0.39 is 11.9 Å². The number of nitrogens with one attached hydrogen (secondary N) is 2. The van der Waals surface area contributed by atoms with E-state index in [2.05, 4.69) is 20.8 Å². The van der Waals surface area contributed by atoms with E-state index in [0.29, 0.717) is 12.4 Å². The molecule has 1 rings (SSSR count). The molecule has 0 spiro atoms. The summed E-state index contributed by atoms with van der Waals surface area (Å²) in [7, 11) is 0. The number of aromatic nitrogens is 2. The molecule has 1 aromatic heterocycles. The van der Waals surface area contributed by atoms with Crippen LogP contribution in [0.25, 0.3) is 0 Å². The lowest BCUT2D eigenvalue weighted by atomic mass is 10.3. The normalized spacial score (nSPS) is 12.4. The monoisotopic (exact) mass is 213 g/mol. The fraction of sp³-hybridized carbons (Fsp3) is 0.625. The van der Waals surface area contributed by atoms with Gasteiger partial charge < -0.3 is 20.8 Å². The van der Waals surface area contributed by atoms with E-state index >= 15 is 0 Å². The highest BCUT2D eigenvalue weighted by Crippen LogP contribution is 2.06. The number of amides is 1. The number of rotatable bonds is 6. The minimum Gasteiger partial charge on any atom is -0.407 e. The molecule has 1 heterocycles. The Bertz CT molecular complexity index is 325. The summed E-state index contributed by atoms with van der Waals surface area (Å²) in [4.78, 5) is 10.7. The molecule has 0 saturated heterocycles. The lowest BCUT2D eigenvalue weighted by molar-refractivity contribution is -0.118. The van der Waals surface area contributed by atoms with Crippen molar-refractivity contribution in [3.05, 3.63) is 5.89 Å². The smallest absolute Gasteiger partial charge is 0.316 e. The molecule has 0 saturated carbocycles. The Balaban J connectivity index is 2.49. The largest absolute Gasteiger partial charge is 0.407 e. The molecule has 0 fully saturated rings. The van der Waals surface area contributed by atoms with Gasteiger partial charge in [-0.25, -0.2) is 0 Å². The van der Waals surface area contributed by atoms with E-state index in [0.717, 1.165) is 6.54 Å². The van der Waals surface area contributed by atoms with Gasteiger partial charge in [0.15, 0.2) is 0 Å². The Morgan fingerprint density at radius 1 is 1.60 bits per heavy atom. The Morgan fingerprint density at radius 2 is 2.33 bits per heavy atom. The number of carbonyl (C=O) groups excluding carboxylic acids is 1. The minimum atomic E-state index is -0.530. The summed E-state index contributed by atoms with van der Waals surface area (Å²) >= 11 is 0. The van der Waals surface area contributed by atoms with Crippen LogP contribution in [-0.2, 0) is 11.3 Å². The zero-order valence-electron chi connectivity index (χ0n) is 8.78. The predicted molar refractivity (Wildman–Crippen MR) is 54.0 cm³/mol. The summed E-state index contributed by atoms with van der Waals surface area (Å²) in [6.45, 7) is 4.93. The molecule has 7 nitrogen and oxygen atoms in total. The molecule has 1 amide bonds. The fourth-order valence-corrected chi connectivity index (χ4v) is 0.872. The number of hydrogen-bond donors (Lipinski definition) is 3. The van der Waals surface area contributed by atoms with Crippen molar-refractivity contribution in [1.29, 1.82) is 0 Å². The molecular weight excluding hydrogens is 198 g/mol. The molecule has 1 unspecified atom stereocenters. The Hall–Kier alpha value is -1.63. The van der Waals surface area contributed by atoms with Gasteiger partial charge in [-0.1, -0.05) is 12.0 Å². The summed E-state index contributed by atoms with van der Waals surface area (Å²) < 4.78 is 5.20. The Labute approximate surface area is 87.4 Å². The third-order valence-electron chi connectivity index (χ3n) is 1.76. The molecule has 84 valence electrons. The number of hydrogen-bond acceptors (Lipinski definition) is 6. The van der Waals surface area contributed by atoms with Gasteiger partial charge in [0.2, 0.25) is 11.8 Å². The third kappa shape index (κ3) is 3.55. The standard InChI is InChI=1S/C8H15N5O2/c1-3-10-4-6-12-13-8(15-6)11-5(2)7(9)14/h5,10H,3-4H2,1-2H3,(H2,9,14)(H,11,13). The van der Waals surface area contributed by atoms with Crippen molar-refractivity contribution in [2.75, 3.05) is 11.9 Å². The molecule has 0 aliphatic carbocycles. The molecule has 4 N–H and O–H groups in total. The van der Waals surface area contributed by atoms with Crippen LogP contribution in [0.5, 0.6) is 0 Å². The number of carbonyl (C=O) groups is 1. The quantitative estimate of drug-likeness (QED) is 0.586. The lowest BCUT2D eigenvalue weighted by Crippen LogP contribution is -2.32. The molecular formula is C8H15N5O2. The summed E-state index contributed by atoms with van der Waals surface area (Å²) in [6, 6.07) is -0.327. The molecule has 0 radical (unpaired) electrons. The van der Waals surface area contributed by atoms with Crippen LogP contribution in [0, 0.1) is 0 Å². The molecule has 0 aromatic carbocycles. The number of anilines is 1. The van der Waals surface area contributed by atoms with Crippen molar-refractivity contribution in [2.45, 2.75) is 26.4 Å². The molecule has 1 aromatic rings. The van der Waals surface area contributed by atoms with Crippen LogP contribution in [-0.4, -0.2) is 28.7 Å². The summed E-state index contributed by atoms with van der Waals surface area (Å²) in [5.41, 5.74) is 5.07. The molecule has 0 bridgehead atoms. The van der Waals surface area contributed by atoms with Gasteiger partial charge in [-0.3, -0.25) is 4.79 Å². The Morgan fingerprint density at radius 3 is 2.93 bits per heavy atom. The van der Waals surface area contributed by atoms with Crippen molar-refractivity contribution in [3.8, 4) is 0 Å². The number of nitrogens with zero attached hydrogens (tertiary/aromatic N) is 2. The highest BCUT2D eigenvalue weighted by Gasteiger charge is 2.12. The summed E-state index contributed by atoms with van der Waals surface area (Å²) in [5, 5.41) is 13.2. The average Bonchev–Trinajstić information content (AvgIpc) is 2.62. The highest BCUT2D eigenvalue weighted by molar-refractivity contribution is 5.81. The number of primary amides is 1. The van der Waals surface area contributed by atoms with Gasteiger partial charge >= 0.3 is 6.01 Å². The van der Waals surface area contributed by atoms with Gasteiger partial charge in [-0.2, -0.15) is 0 Å². The van der Waals surface area contributed by atoms with Crippen molar-refractivity contribution in [3.63, 3.8) is 0 Å². The first-order valence-electron chi connectivity index (χ1n) is 4.72. The van der Waals surface area contributed by atoms with Gasteiger partial charge in [0.25, 0.3) is 0 Å². The topological polar surface area (TPSA) is 106 Å². The van der Waals surface area contributed by atoms with Crippen LogP contribution in [0.1, 0.15) is 19.7 Å². The van der Waals surface area contributed by atoms with Crippen LogP contribution >= 0.6 is 0 Å². The summed E-state index contributed by atoms with van der Waals surface area (Å²) in [5.74, 6) is -0.00236. The summed E-state index contributed by atoms with van der Waals surface area (Å²) in [6.07, 6.45) is 0. The second-order valence-corrected chi connectivity index (χ2v) is 3.05. The van der Waals surface area contributed by atoms with E-state index in [4.69, 9.17) is 10.2 Å². The first-order chi connectivity index (χ1) is 7.13. The van der Waals surface area contributed by atoms with E-state index in [1.807, 2.05) is 6.92 Å².